The third-order valence-electron chi connectivity index (χ3n) is 2.72. The molecule has 0 spiro atoms. The van der Waals surface area contributed by atoms with Gasteiger partial charge in [-0.3, -0.25) is 24.6 Å². The first-order chi connectivity index (χ1) is 8.52. The zero-order valence-electron chi connectivity index (χ0n) is 9.26. The molecule has 1 heterocycles. The van der Waals surface area contributed by atoms with Gasteiger partial charge < -0.3 is 0 Å². The summed E-state index contributed by atoms with van der Waals surface area (Å²) in [6, 6.07) is 4.09. The average Bonchev–Trinajstić information content (AvgIpc) is 2.73. The topological polar surface area (TPSA) is 80.5 Å². The summed E-state index contributed by atoms with van der Waals surface area (Å²) in [4.78, 5) is 34.8. The molecule has 18 heavy (non-hydrogen) atoms. The van der Waals surface area contributed by atoms with E-state index in [1.807, 2.05) is 0 Å². The van der Waals surface area contributed by atoms with E-state index >= 15 is 0 Å². The highest BCUT2D eigenvalue weighted by molar-refractivity contribution is 6.33. The van der Waals surface area contributed by atoms with E-state index in [0.717, 1.165) is 4.90 Å². The molecule has 94 valence electrons. The van der Waals surface area contributed by atoms with Gasteiger partial charge in [0.05, 0.1) is 4.92 Å². The van der Waals surface area contributed by atoms with E-state index in [-0.39, 0.29) is 16.5 Å². The molecule has 0 radical (unpaired) electrons. The molecule has 1 aliphatic heterocycles. The van der Waals surface area contributed by atoms with Crippen molar-refractivity contribution in [2.24, 2.45) is 0 Å². The van der Waals surface area contributed by atoms with Crippen molar-refractivity contribution in [1.82, 2.24) is 4.90 Å². The Bertz CT molecular complexity index is 544. The second-order valence-electron chi connectivity index (χ2n) is 3.85. The van der Waals surface area contributed by atoms with Gasteiger partial charge in [-0.15, -0.1) is 0 Å². The number of rotatable bonds is 2. The van der Waals surface area contributed by atoms with E-state index in [1.165, 1.54) is 18.2 Å². The number of halogens is 1. The van der Waals surface area contributed by atoms with Crippen LogP contribution in [0.25, 0.3) is 0 Å². The maximum absolute atomic E-state index is 12.1. The minimum atomic E-state index is -0.712. The third-order valence-corrected chi connectivity index (χ3v) is 3.02. The van der Waals surface area contributed by atoms with Gasteiger partial charge in [0, 0.05) is 13.0 Å². The van der Waals surface area contributed by atoms with Crippen LogP contribution in [0, 0.1) is 10.1 Å². The lowest BCUT2D eigenvalue weighted by Gasteiger charge is -2.13. The van der Waals surface area contributed by atoms with Gasteiger partial charge in [0.2, 0.25) is 5.91 Å². The zero-order chi connectivity index (χ0) is 13.3. The summed E-state index contributed by atoms with van der Waals surface area (Å²) in [6.45, 7) is 0.293. The molecule has 2 amide bonds. The lowest BCUT2D eigenvalue weighted by atomic mass is 10.1. The van der Waals surface area contributed by atoms with Crippen LogP contribution in [0.4, 0.5) is 5.69 Å². The first-order valence-electron chi connectivity index (χ1n) is 5.30. The molecule has 0 aromatic heterocycles. The molecule has 0 bridgehead atoms. The maximum Gasteiger partial charge on any atom is 0.300 e. The van der Waals surface area contributed by atoms with Gasteiger partial charge >= 0.3 is 5.69 Å². The Balaban J connectivity index is 2.45. The summed E-state index contributed by atoms with van der Waals surface area (Å²) in [7, 11) is 0. The van der Waals surface area contributed by atoms with Crippen molar-refractivity contribution in [3.8, 4) is 0 Å². The fraction of sp³-hybridized carbons (Fsp3) is 0.273. The van der Waals surface area contributed by atoms with Gasteiger partial charge in [-0.25, -0.2) is 0 Å². The van der Waals surface area contributed by atoms with Crippen molar-refractivity contribution in [2.45, 2.75) is 12.8 Å². The normalized spacial score (nSPS) is 14.9. The molecule has 6 nitrogen and oxygen atoms in total. The number of carbonyl (C=O) groups excluding carboxylic acids is 2. The van der Waals surface area contributed by atoms with E-state index in [4.69, 9.17) is 11.6 Å². The first-order valence-corrected chi connectivity index (χ1v) is 5.67. The van der Waals surface area contributed by atoms with Crippen LogP contribution in [0.3, 0.4) is 0 Å². The highest BCUT2D eigenvalue weighted by Gasteiger charge is 2.32. The molecule has 0 N–H and O–H groups in total. The number of imide groups is 1. The van der Waals surface area contributed by atoms with Crippen LogP contribution >= 0.6 is 11.6 Å². The monoisotopic (exact) mass is 268 g/mol. The van der Waals surface area contributed by atoms with Gasteiger partial charge in [-0.2, -0.15) is 0 Å². The summed E-state index contributed by atoms with van der Waals surface area (Å²) in [5.74, 6) is -0.971. The molecule has 0 saturated carbocycles. The fourth-order valence-corrected chi connectivity index (χ4v) is 2.13. The summed E-state index contributed by atoms with van der Waals surface area (Å²) in [5, 5.41) is 10.8. The predicted molar refractivity (Wildman–Crippen MR) is 63.4 cm³/mol. The smallest absolute Gasteiger partial charge is 0.278 e. The van der Waals surface area contributed by atoms with E-state index in [0.29, 0.717) is 19.4 Å². The molecule has 0 aliphatic carbocycles. The van der Waals surface area contributed by atoms with Crippen LogP contribution in [-0.2, 0) is 4.79 Å². The zero-order valence-corrected chi connectivity index (χ0v) is 10.0. The Kier molecular flexibility index (Phi) is 3.29. The van der Waals surface area contributed by atoms with Crippen molar-refractivity contribution in [3.05, 3.63) is 38.9 Å². The highest BCUT2D eigenvalue weighted by Crippen LogP contribution is 2.29. The van der Waals surface area contributed by atoms with E-state index in [1.54, 1.807) is 0 Å². The minimum Gasteiger partial charge on any atom is -0.278 e. The molecule has 1 fully saturated rings. The second kappa shape index (κ2) is 4.73. The Hall–Kier alpha value is -1.95. The van der Waals surface area contributed by atoms with Crippen molar-refractivity contribution in [1.29, 1.82) is 0 Å². The second-order valence-corrected chi connectivity index (χ2v) is 4.25. The third kappa shape index (κ3) is 2.06. The number of carbonyl (C=O) groups is 2. The van der Waals surface area contributed by atoms with E-state index < -0.39 is 16.5 Å². The standard InChI is InChI=1S/C11H9ClN2O4/c12-8-4-1-3-7(10(8)14(17)18)11(16)13-6-2-5-9(13)15/h1,3-4H,2,5-6H2. The Morgan fingerprint density at radius 1 is 1.44 bits per heavy atom. The van der Waals surface area contributed by atoms with E-state index in [2.05, 4.69) is 0 Å². The van der Waals surface area contributed by atoms with E-state index in [9.17, 15) is 19.7 Å². The Morgan fingerprint density at radius 2 is 2.17 bits per heavy atom. The minimum absolute atomic E-state index is 0.113. The molecule has 1 saturated heterocycles. The highest BCUT2D eigenvalue weighted by atomic mass is 35.5. The lowest BCUT2D eigenvalue weighted by molar-refractivity contribution is -0.385. The summed E-state index contributed by atoms with van der Waals surface area (Å²) in [5.41, 5.74) is -0.605. The predicted octanol–water partition coefficient (Wildman–Crippen LogP) is 2.01. The Morgan fingerprint density at radius 3 is 2.72 bits per heavy atom. The molecule has 2 rings (SSSR count). The van der Waals surface area contributed by atoms with Crippen LogP contribution in [0.15, 0.2) is 18.2 Å². The van der Waals surface area contributed by atoms with Crippen LogP contribution in [0.2, 0.25) is 5.02 Å². The van der Waals surface area contributed by atoms with Crippen LogP contribution in [0.1, 0.15) is 23.2 Å². The van der Waals surface area contributed by atoms with Gasteiger partial charge in [-0.1, -0.05) is 17.7 Å². The fourth-order valence-electron chi connectivity index (χ4n) is 1.88. The number of benzene rings is 1. The van der Waals surface area contributed by atoms with Crippen molar-refractivity contribution < 1.29 is 14.5 Å². The largest absolute Gasteiger partial charge is 0.300 e. The number of likely N-dealkylation sites (tertiary alicyclic amines) is 1. The van der Waals surface area contributed by atoms with Crippen molar-refractivity contribution in [2.75, 3.05) is 6.54 Å². The van der Waals surface area contributed by atoms with Gasteiger partial charge in [-0.05, 0) is 18.6 Å². The average molecular weight is 269 g/mol. The van der Waals surface area contributed by atoms with Crippen LogP contribution in [-0.4, -0.2) is 28.2 Å². The molecule has 1 aliphatic rings. The van der Waals surface area contributed by atoms with Gasteiger partial charge in [0.15, 0.2) is 0 Å². The lowest BCUT2D eigenvalue weighted by Crippen LogP contribution is -2.32. The van der Waals surface area contributed by atoms with Gasteiger partial charge in [0.25, 0.3) is 5.91 Å². The SMILES string of the molecule is O=C1CCCN1C(=O)c1cccc(Cl)c1[N+](=O)[O-]. The maximum atomic E-state index is 12.1. The summed E-state index contributed by atoms with van der Waals surface area (Å²) < 4.78 is 0. The summed E-state index contributed by atoms with van der Waals surface area (Å²) >= 11 is 5.71. The molecular formula is C11H9ClN2O4. The van der Waals surface area contributed by atoms with Crippen LogP contribution < -0.4 is 0 Å². The molecule has 7 heteroatoms. The number of nitrogens with zero attached hydrogens (tertiary/aromatic N) is 2. The van der Waals surface area contributed by atoms with Gasteiger partial charge in [0.1, 0.15) is 10.6 Å². The van der Waals surface area contributed by atoms with Crippen molar-refractivity contribution in [3.63, 3.8) is 0 Å². The molecule has 0 unspecified atom stereocenters. The van der Waals surface area contributed by atoms with Crippen LogP contribution in [0.5, 0.6) is 0 Å². The number of amides is 2. The Labute approximate surface area is 107 Å². The first kappa shape index (κ1) is 12.5. The quantitative estimate of drug-likeness (QED) is 0.467. The molecule has 1 aromatic carbocycles. The number of hydrogen-bond acceptors (Lipinski definition) is 4. The molecule has 1 aromatic rings. The molecule has 0 atom stereocenters. The van der Waals surface area contributed by atoms with Crippen molar-refractivity contribution >= 4 is 29.1 Å². The number of nitro benzene ring substituents is 1. The number of hydrogen-bond donors (Lipinski definition) is 0. The number of nitro groups is 1. The number of para-hydroxylation sites is 1. The molecular weight excluding hydrogens is 260 g/mol. The summed E-state index contributed by atoms with van der Waals surface area (Å²) in [6.07, 6.45) is 0.874.